The SMILES string of the molecule is CC1CCCC(C)N1c1cc(C(=O)O)nc2ccccc12. The number of nitrogens with zero attached hydrogens (tertiary/aromatic N) is 2. The van der Waals surface area contributed by atoms with Crippen molar-refractivity contribution in [1.29, 1.82) is 0 Å². The highest BCUT2D eigenvalue weighted by atomic mass is 16.4. The average Bonchev–Trinajstić information content (AvgIpc) is 2.46. The molecule has 0 spiro atoms. The molecule has 0 saturated carbocycles. The Kier molecular flexibility index (Phi) is 3.53. The van der Waals surface area contributed by atoms with Crippen molar-refractivity contribution in [3.63, 3.8) is 0 Å². The Labute approximate surface area is 124 Å². The molecule has 1 aliphatic rings. The summed E-state index contributed by atoms with van der Waals surface area (Å²) in [5.41, 5.74) is 1.86. The molecule has 1 fully saturated rings. The van der Waals surface area contributed by atoms with Crippen LogP contribution < -0.4 is 4.90 Å². The quantitative estimate of drug-likeness (QED) is 0.913. The first-order valence-corrected chi connectivity index (χ1v) is 7.49. The molecule has 2 heterocycles. The lowest BCUT2D eigenvalue weighted by molar-refractivity contribution is 0.0691. The number of hydrogen-bond donors (Lipinski definition) is 1. The van der Waals surface area contributed by atoms with Gasteiger partial charge in [0.05, 0.1) is 5.52 Å². The molecule has 4 nitrogen and oxygen atoms in total. The van der Waals surface area contributed by atoms with Crippen LogP contribution in [0.1, 0.15) is 43.6 Å². The van der Waals surface area contributed by atoms with Crippen LogP contribution in [0.2, 0.25) is 0 Å². The van der Waals surface area contributed by atoms with E-state index in [4.69, 9.17) is 0 Å². The molecule has 1 saturated heterocycles. The van der Waals surface area contributed by atoms with Gasteiger partial charge in [-0.25, -0.2) is 9.78 Å². The summed E-state index contributed by atoms with van der Waals surface area (Å²) in [5.74, 6) is -0.973. The van der Waals surface area contributed by atoms with E-state index < -0.39 is 5.97 Å². The molecule has 4 heteroatoms. The zero-order valence-corrected chi connectivity index (χ0v) is 12.4. The molecule has 2 atom stereocenters. The first kappa shape index (κ1) is 13.9. The highest BCUT2D eigenvalue weighted by molar-refractivity contribution is 5.97. The minimum Gasteiger partial charge on any atom is -0.477 e. The predicted molar refractivity (Wildman–Crippen MR) is 84.0 cm³/mol. The lowest BCUT2D eigenvalue weighted by Crippen LogP contribution is -2.44. The van der Waals surface area contributed by atoms with E-state index in [0.717, 1.165) is 29.4 Å². The van der Waals surface area contributed by atoms with E-state index in [0.29, 0.717) is 12.1 Å². The Morgan fingerprint density at radius 1 is 1.24 bits per heavy atom. The summed E-state index contributed by atoms with van der Waals surface area (Å²) in [6.07, 6.45) is 3.51. The van der Waals surface area contributed by atoms with Gasteiger partial charge in [-0.2, -0.15) is 0 Å². The Bertz CT molecular complexity index is 674. The summed E-state index contributed by atoms with van der Waals surface area (Å²) in [6, 6.07) is 10.3. The van der Waals surface area contributed by atoms with E-state index >= 15 is 0 Å². The molecule has 1 N–H and O–H groups in total. The van der Waals surface area contributed by atoms with Crippen molar-refractivity contribution >= 4 is 22.6 Å². The zero-order valence-electron chi connectivity index (χ0n) is 12.4. The maximum atomic E-state index is 11.4. The van der Waals surface area contributed by atoms with Crippen molar-refractivity contribution < 1.29 is 9.90 Å². The smallest absolute Gasteiger partial charge is 0.354 e. The molecule has 0 amide bonds. The third kappa shape index (κ3) is 2.46. The summed E-state index contributed by atoms with van der Waals surface area (Å²) >= 11 is 0. The van der Waals surface area contributed by atoms with Crippen molar-refractivity contribution in [3.8, 4) is 0 Å². The number of piperidine rings is 1. The Morgan fingerprint density at radius 2 is 1.90 bits per heavy atom. The highest BCUT2D eigenvalue weighted by Gasteiger charge is 2.27. The van der Waals surface area contributed by atoms with Crippen LogP contribution in [0.25, 0.3) is 10.9 Å². The molecule has 110 valence electrons. The first-order valence-electron chi connectivity index (χ1n) is 7.49. The van der Waals surface area contributed by atoms with E-state index in [1.54, 1.807) is 6.07 Å². The second kappa shape index (κ2) is 5.35. The zero-order chi connectivity index (χ0) is 15.0. The number of carboxylic acid groups (broad SMARTS) is 1. The number of aromatic carboxylic acids is 1. The molecule has 0 aliphatic carbocycles. The summed E-state index contributed by atoms with van der Waals surface area (Å²) < 4.78 is 0. The standard InChI is InChI=1S/C17H20N2O2/c1-11-6-5-7-12(2)19(11)16-10-15(17(20)21)18-14-9-4-3-8-13(14)16/h3-4,8-12H,5-7H2,1-2H3,(H,20,21). The minimum atomic E-state index is -0.973. The third-order valence-corrected chi connectivity index (χ3v) is 4.39. The summed E-state index contributed by atoms with van der Waals surface area (Å²) in [4.78, 5) is 18.0. The number of aromatic nitrogens is 1. The third-order valence-electron chi connectivity index (χ3n) is 4.39. The Hall–Kier alpha value is -2.10. The fraction of sp³-hybridized carbons (Fsp3) is 0.412. The van der Waals surface area contributed by atoms with Crippen molar-refractivity contribution in [2.45, 2.75) is 45.2 Å². The Balaban J connectivity index is 2.21. The van der Waals surface area contributed by atoms with Crippen LogP contribution >= 0.6 is 0 Å². The van der Waals surface area contributed by atoms with Crippen LogP contribution in [0.4, 0.5) is 5.69 Å². The monoisotopic (exact) mass is 284 g/mol. The van der Waals surface area contributed by atoms with E-state index in [-0.39, 0.29) is 5.69 Å². The van der Waals surface area contributed by atoms with Gasteiger partial charge in [-0.1, -0.05) is 18.2 Å². The van der Waals surface area contributed by atoms with Gasteiger partial charge in [0.1, 0.15) is 0 Å². The molecule has 1 aromatic heterocycles. The number of pyridine rings is 1. The molecule has 2 aromatic rings. The normalized spacial score (nSPS) is 22.5. The van der Waals surface area contributed by atoms with Gasteiger partial charge in [-0.15, -0.1) is 0 Å². The minimum absolute atomic E-state index is 0.119. The predicted octanol–water partition coefficient (Wildman–Crippen LogP) is 3.70. The number of carbonyl (C=O) groups is 1. The summed E-state index contributed by atoms with van der Waals surface area (Å²) in [5, 5.41) is 10.3. The molecular formula is C17H20N2O2. The number of fused-ring (bicyclic) bond motifs is 1. The van der Waals surface area contributed by atoms with Gasteiger partial charge < -0.3 is 10.0 Å². The molecule has 0 radical (unpaired) electrons. The van der Waals surface area contributed by atoms with Gasteiger partial charge in [-0.3, -0.25) is 0 Å². The van der Waals surface area contributed by atoms with Crippen LogP contribution in [0.15, 0.2) is 30.3 Å². The fourth-order valence-corrected chi connectivity index (χ4v) is 3.38. The van der Waals surface area contributed by atoms with Gasteiger partial charge in [0.25, 0.3) is 0 Å². The van der Waals surface area contributed by atoms with Crippen LogP contribution in [0, 0.1) is 0 Å². The lowest BCUT2D eigenvalue weighted by Gasteiger charge is -2.41. The molecule has 1 aromatic carbocycles. The second-order valence-corrected chi connectivity index (χ2v) is 5.89. The lowest BCUT2D eigenvalue weighted by atomic mass is 9.95. The summed E-state index contributed by atoms with van der Waals surface area (Å²) in [6.45, 7) is 4.43. The first-order chi connectivity index (χ1) is 10.1. The van der Waals surface area contributed by atoms with Crippen molar-refractivity contribution in [2.75, 3.05) is 4.90 Å². The largest absolute Gasteiger partial charge is 0.477 e. The average molecular weight is 284 g/mol. The van der Waals surface area contributed by atoms with Gasteiger partial charge >= 0.3 is 5.97 Å². The van der Waals surface area contributed by atoms with Crippen molar-refractivity contribution in [3.05, 3.63) is 36.0 Å². The molecule has 2 unspecified atom stereocenters. The van der Waals surface area contributed by atoms with E-state index in [1.807, 2.05) is 24.3 Å². The number of para-hydroxylation sites is 1. The van der Waals surface area contributed by atoms with Crippen LogP contribution in [-0.2, 0) is 0 Å². The maximum Gasteiger partial charge on any atom is 0.354 e. The van der Waals surface area contributed by atoms with E-state index in [9.17, 15) is 9.90 Å². The topological polar surface area (TPSA) is 53.4 Å². The van der Waals surface area contributed by atoms with Gasteiger partial charge in [0, 0.05) is 23.2 Å². The molecule has 0 bridgehead atoms. The van der Waals surface area contributed by atoms with Crippen LogP contribution in [0.5, 0.6) is 0 Å². The number of anilines is 1. The molecule has 3 rings (SSSR count). The van der Waals surface area contributed by atoms with Gasteiger partial charge in [0.2, 0.25) is 0 Å². The molecular weight excluding hydrogens is 264 g/mol. The van der Waals surface area contributed by atoms with Crippen molar-refractivity contribution in [1.82, 2.24) is 4.98 Å². The molecule has 21 heavy (non-hydrogen) atoms. The Morgan fingerprint density at radius 3 is 2.57 bits per heavy atom. The second-order valence-electron chi connectivity index (χ2n) is 5.89. The summed E-state index contributed by atoms with van der Waals surface area (Å²) in [7, 11) is 0. The van der Waals surface area contributed by atoms with E-state index in [1.165, 1.54) is 6.42 Å². The van der Waals surface area contributed by atoms with E-state index in [2.05, 4.69) is 23.7 Å². The highest BCUT2D eigenvalue weighted by Crippen LogP contribution is 2.34. The van der Waals surface area contributed by atoms with Crippen LogP contribution in [0.3, 0.4) is 0 Å². The van der Waals surface area contributed by atoms with Gasteiger partial charge in [-0.05, 0) is 45.2 Å². The van der Waals surface area contributed by atoms with Crippen molar-refractivity contribution in [2.24, 2.45) is 0 Å². The number of hydrogen-bond acceptors (Lipinski definition) is 3. The molecule has 1 aliphatic heterocycles. The van der Waals surface area contributed by atoms with Crippen LogP contribution in [-0.4, -0.2) is 28.1 Å². The maximum absolute atomic E-state index is 11.4. The van der Waals surface area contributed by atoms with Gasteiger partial charge in [0.15, 0.2) is 5.69 Å². The number of rotatable bonds is 2. The number of carboxylic acids is 1. The number of benzene rings is 1. The fourth-order valence-electron chi connectivity index (χ4n) is 3.38.